The molecule has 1 N–H and O–H groups in total. The van der Waals surface area contributed by atoms with Crippen molar-refractivity contribution >= 4 is 24.4 Å². The zero-order chi connectivity index (χ0) is 10.6. The molecule has 0 aromatic rings. The van der Waals surface area contributed by atoms with E-state index in [-0.39, 0.29) is 0 Å². The molecular weight excluding hydrogens is 204 g/mol. The minimum atomic E-state index is -2.03. The van der Waals surface area contributed by atoms with E-state index < -0.39 is 13.4 Å². The van der Waals surface area contributed by atoms with Gasteiger partial charge in [0.05, 0.1) is 0 Å². The lowest BCUT2D eigenvalue weighted by molar-refractivity contribution is -0.132. The van der Waals surface area contributed by atoms with Crippen LogP contribution in [0.25, 0.3) is 0 Å². The van der Waals surface area contributed by atoms with Crippen LogP contribution in [0.2, 0.25) is 13.1 Å². The number of halogens is 1. The Morgan fingerprint density at radius 1 is 1.62 bits per heavy atom. The Morgan fingerprint density at radius 2 is 2.08 bits per heavy atom. The van der Waals surface area contributed by atoms with E-state index in [1.165, 1.54) is 0 Å². The van der Waals surface area contributed by atoms with Crippen molar-refractivity contribution in [2.24, 2.45) is 0 Å². The third-order valence-electron chi connectivity index (χ3n) is 1.84. The number of carboxylic acid groups (broad SMARTS) is 1. The number of rotatable bonds is 4. The lowest BCUT2D eigenvalue weighted by atomic mass is 10.2. The molecule has 0 aromatic carbocycles. The Morgan fingerprint density at radius 3 is 2.31 bits per heavy atom. The number of allylic oxidation sites excluding steroid dienone is 2. The Balaban J connectivity index is 5.11. The van der Waals surface area contributed by atoms with Gasteiger partial charge in [-0.05, 0) is 13.3 Å². The zero-order valence-electron chi connectivity index (χ0n) is 8.22. The summed E-state index contributed by atoms with van der Waals surface area (Å²) < 4.78 is 0. The minimum absolute atomic E-state index is 0.367. The molecule has 0 aliphatic heterocycles. The van der Waals surface area contributed by atoms with Gasteiger partial charge in [0.25, 0.3) is 0 Å². The molecule has 0 radical (unpaired) electrons. The summed E-state index contributed by atoms with van der Waals surface area (Å²) >= 11 is 6.19. The molecule has 0 heterocycles. The van der Waals surface area contributed by atoms with Gasteiger partial charge in [0, 0.05) is 5.57 Å². The summed E-state index contributed by atoms with van der Waals surface area (Å²) in [6.07, 6.45) is 2.26. The molecule has 4 heteroatoms. The predicted octanol–water partition coefficient (Wildman–Crippen LogP) is 2.95. The molecule has 0 rings (SSSR count). The number of carboxylic acids is 1. The van der Waals surface area contributed by atoms with E-state index >= 15 is 0 Å². The second kappa shape index (κ2) is 4.63. The third kappa shape index (κ3) is 3.78. The second-order valence-corrected chi connectivity index (χ2v) is 9.76. The fourth-order valence-corrected chi connectivity index (χ4v) is 3.40. The molecule has 2 nitrogen and oxygen atoms in total. The molecule has 0 amide bonds. The van der Waals surface area contributed by atoms with Crippen molar-refractivity contribution in [1.82, 2.24) is 0 Å². The Bertz CT molecular complexity index is 251. The minimum Gasteiger partial charge on any atom is -0.478 e. The Hall–Kier alpha value is -0.543. The van der Waals surface area contributed by atoms with E-state index in [9.17, 15) is 4.79 Å². The highest BCUT2D eigenvalue weighted by molar-refractivity contribution is 7.23. The average molecular weight is 219 g/mol. The van der Waals surface area contributed by atoms with Crippen LogP contribution in [-0.2, 0) is 4.79 Å². The fourth-order valence-electron chi connectivity index (χ4n) is 1.12. The average Bonchev–Trinajstić information content (AvgIpc) is 1.96. The highest BCUT2D eigenvalue weighted by Gasteiger charge is 2.26. The van der Waals surface area contributed by atoms with E-state index in [2.05, 4.69) is 6.58 Å². The molecule has 0 aliphatic rings. The van der Waals surface area contributed by atoms with Crippen molar-refractivity contribution < 1.29 is 9.90 Å². The highest BCUT2D eigenvalue weighted by atomic mass is 35.6. The zero-order valence-corrected chi connectivity index (χ0v) is 9.98. The maximum Gasteiger partial charge on any atom is 0.330 e. The molecule has 0 unspecified atom stereocenters. The van der Waals surface area contributed by atoms with Crippen LogP contribution in [0.3, 0.4) is 0 Å². The summed E-state index contributed by atoms with van der Waals surface area (Å²) in [5.41, 5.74) is 0.367. The van der Waals surface area contributed by atoms with Gasteiger partial charge in [-0.3, -0.25) is 0 Å². The van der Waals surface area contributed by atoms with Crippen molar-refractivity contribution in [1.29, 1.82) is 0 Å². The maximum absolute atomic E-state index is 10.7. The topological polar surface area (TPSA) is 37.3 Å². The van der Waals surface area contributed by atoms with E-state index in [1.807, 2.05) is 13.1 Å². The van der Waals surface area contributed by atoms with Crippen LogP contribution in [0.15, 0.2) is 23.4 Å². The van der Waals surface area contributed by atoms with Gasteiger partial charge in [-0.25, -0.2) is 4.79 Å². The number of hydrogen-bond acceptors (Lipinski definition) is 1. The van der Waals surface area contributed by atoms with Crippen molar-refractivity contribution in [2.45, 2.75) is 26.4 Å². The third-order valence-corrected chi connectivity index (χ3v) is 4.54. The summed E-state index contributed by atoms with van der Waals surface area (Å²) in [6, 6.07) is 0. The van der Waals surface area contributed by atoms with Crippen molar-refractivity contribution in [2.75, 3.05) is 0 Å². The summed E-state index contributed by atoms with van der Waals surface area (Å²) in [7, 11) is -2.03. The van der Waals surface area contributed by atoms with Gasteiger partial charge in [0.2, 0.25) is 0 Å². The monoisotopic (exact) mass is 218 g/mol. The molecule has 74 valence electrons. The molecular formula is C9H15ClO2Si. The predicted molar refractivity (Wildman–Crippen MR) is 58.5 cm³/mol. The van der Waals surface area contributed by atoms with Crippen LogP contribution in [0.5, 0.6) is 0 Å². The summed E-state index contributed by atoms with van der Waals surface area (Å²) in [5.74, 6) is -0.891. The Kier molecular flexibility index (Phi) is 4.43. The number of carbonyl (C=O) groups is 1. The first-order valence-corrected chi connectivity index (χ1v) is 8.05. The molecule has 0 aliphatic carbocycles. The quantitative estimate of drug-likeness (QED) is 0.341. The summed E-state index contributed by atoms with van der Waals surface area (Å²) in [6.45, 7) is 9.02. The van der Waals surface area contributed by atoms with Crippen molar-refractivity contribution in [3.8, 4) is 0 Å². The first-order valence-electron chi connectivity index (χ1n) is 4.04. The van der Waals surface area contributed by atoms with Gasteiger partial charge in [-0.2, -0.15) is 11.1 Å². The van der Waals surface area contributed by atoms with Crippen LogP contribution in [0.1, 0.15) is 13.3 Å². The van der Waals surface area contributed by atoms with E-state index in [4.69, 9.17) is 16.2 Å². The van der Waals surface area contributed by atoms with E-state index in [0.29, 0.717) is 12.0 Å². The van der Waals surface area contributed by atoms with Gasteiger partial charge >= 0.3 is 5.97 Å². The van der Waals surface area contributed by atoms with Gasteiger partial charge < -0.3 is 5.11 Å². The number of hydrogen-bond donors (Lipinski definition) is 1. The first-order chi connectivity index (χ1) is 5.80. The maximum atomic E-state index is 10.7. The molecule has 13 heavy (non-hydrogen) atoms. The second-order valence-electron chi connectivity index (χ2n) is 3.37. The van der Waals surface area contributed by atoms with Crippen molar-refractivity contribution in [3.05, 3.63) is 23.4 Å². The van der Waals surface area contributed by atoms with Crippen LogP contribution in [0, 0.1) is 0 Å². The first kappa shape index (κ1) is 12.5. The molecule has 0 saturated heterocycles. The summed E-state index contributed by atoms with van der Waals surface area (Å²) in [5, 5.41) is 9.66. The smallest absolute Gasteiger partial charge is 0.330 e. The van der Waals surface area contributed by atoms with E-state index in [1.54, 1.807) is 13.0 Å². The van der Waals surface area contributed by atoms with Crippen LogP contribution < -0.4 is 0 Å². The largest absolute Gasteiger partial charge is 0.478 e. The molecule has 0 saturated carbocycles. The fraction of sp³-hybridized carbons (Fsp3) is 0.444. The normalized spacial score (nSPS) is 13.5. The molecule has 0 fully saturated rings. The lowest BCUT2D eigenvalue weighted by Crippen LogP contribution is -2.24. The standard InChI is InChI=1S/C9H15ClO2Si/c1-5-6-8(13(3,4)10)7(2)9(11)12/h5H,1,6H2,2-4H3,(H,11,12)/b8-7+. The van der Waals surface area contributed by atoms with Crippen LogP contribution in [0.4, 0.5) is 0 Å². The lowest BCUT2D eigenvalue weighted by Gasteiger charge is -2.18. The highest BCUT2D eigenvalue weighted by Crippen LogP contribution is 2.25. The Labute approximate surface area is 84.6 Å². The molecule has 0 aromatic heterocycles. The number of aliphatic carboxylic acids is 1. The van der Waals surface area contributed by atoms with Gasteiger partial charge in [0.15, 0.2) is 7.38 Å². The molecule has 0 spiro atoms. The van der Waals surface area contributed by atoms with Crippen LogP contribution in [-0.4, -0.2) is 18.5 Å². The van der Waals surface area contributed by atoms with Gasteiger partial charge in [-0.15, -0.1) is 6.58 Å². The van der Waals surface area contributed by atoms with Gasteiger partial charge in [0.1, 0.15) is 0 Å². The molecule has 0 bridgehead atoms. The van der Waals surface area contributed by atoms with Gasteiger partial charge in [-0.1, -0.05) is 24.4 Å². The molecule has 0 atom stereocenters. The van der Waals surface area contributed by atoms with E-state index in [0.717, 1.165) is 5.20 Å². The SMILES string of the molecule is C=CC/C(=C(/C)C(=O)O)[Si](C)(C)Cl. The summed E-state index contributed by atoms with van der Waals surface area (Å²) in [4.78, 5) is 10.7. The van der Waals surface area contributed by atoms with Crippen molar-refractivity contribution in [3.63, 3.8) is 0 Å². The van der Waals surface area contributed by atoms with Crippen LogP contribution >= 0.6 is 11.1 Å².